The average molecular weight is 761 g/mol. The van der Waals surface area contributed by atoms with Crippen molar-refractivity contribution in [3.05, 3.63) is 95.6 Å². The van der Waals surface area contributed by atoms with Crippen molar-refractivity contribution >= 4 is 23.6 Å². The molecule has 288 valence electrons. The highest BCUT2D eigenvalue weighted by molar-refractivity contribution is 5.99. The average Bonchev–Trinajstić information content (AvgIpc) is 3.69. The third-order valence-electron chi connectivity index (χ3n) is 7.83. The van der Waals surface area contributed by atoms with Crippen LogP contribution in [0, 0.1) is 0 Å². The molecule has 0 saturated carbocycles. The third kappa shape index (κ3) is 11.3. The number of hydrogen-bond donors (Lipinski definition) is 5. The molecule has 4 amide bonds. The number of nitrogens with one attached hydrogen (secondary N) is 2. The molecule has 2 heterocycles. The molecule has 53 heavy (non-hydrogen) atoms. The van der Waals surface area contributed by atoms with Crippen LogP contribution in [0.25, 0.3) is 0 Å². The van der Waals surface area contributed by atoms with Gasteiger partial charge in [0.25, 0.3) is 23.6 Å². The normalized spacial score (nSPS) is 19.9. The molecule has 3 aromatic carbocycles. The number of alkyl halides is 6. The summed E-state index contributed by atoms with van der Waals surface area (Å²) in [5.41, 5.74) is 4.50. The summed E-state index contributed by atoms with van der Waals surface area (Å²) in [5.74, 6) is -3.85. The highest BCUT2D eigenvalue weighted by atomic mass is 19.4. The summed E-state index contributed by atoms with van der Waals surface area (Å²) >= 11 is 0. The van der Waals surface area contributed by atoms with Gasteiger partial charge in [0.15, 0.2) is 0 Å². The minimum absolute atomic E-state index is 0. The van der Waals surface area contributed by atoms with E-state index in [1.54, 1.807) is 12.1 Å². The number of halogens is 6. The van der Waals surface area contributed by atoms with Gasteiger partial charge in [-0.15, -0.1) is 26.3 Å². The van der Waals surface area contributed by atoms with Gasteiger partial charge < -0.3 is 29.5 Å². The molecule has 0 spiro atoms. The first kappa shape index (κ1) is 40.3. The first-order valence-electron chi connectivity index (χ1n) is 15.6. The quantitative estimate of drug-likeness (QED) is 0.123. The van der Waals surface area contributed by atoms with Crippen LogP contribution in [-0.2, 0) is 21.0 Å². The number of hydrogen-bond acceptors (Lipinski definition) is 10. The lowest BCUT2D eigenvalue weighted by Gasteiger charge is -2.25. The molecule has 2 aliphatic rings. The van der Waals surface area contributed by atoms with E-state index in [1.165, 1.54) is 5.48 Å². The molecule has 2 aliphatic heterocycles. The molecule has 2 saturated heterocycles. The Labute approximate surface area is 297 Å². The van der Waals surface area contributed by atoms with Crippen LogP contribution in [0.15, 0.2) is 78.9 Å². The van der Waals surface area contributed by atoms with Crippen molar-refractivity contribution in [3.8, 4) is 11.5 Å². The van der Waals surface area contributed by atoms with E-state index in [1.807, 2.05) is 18.2 Å². The lowest BCUT2D eigenvalue weighted by atomic mass is 10.1. The number of nitrogens with zero attached hydrogens (tertiary/aromatic N) is 2. The molecule has 20 heteroatoms. The minimum Gasteiger partial charge on any atom is -0.406 e. The summed E-state index contributed by atoms with van der Waals surface area (Å²) in [6.45, 7) is 0.278. The smallest absolute Gasteiger partial charge is 0.406 e. The van der Waals surface area contributed by atoms with Gasteiger partial charge in [-0.25, -0.2) is 11.0 Å². The number of likely N-dealkylation sites (tertiary alicyclic amines) is 2. The van der Waals surface area contributed by atoms with Gasteiger partial charge in [-0.05, 0) is 66.9 Å². The van der Waals surface area contributed by atoms with E-state index in [2.05, 4.69) is 15.0 Å². The SMILES string of the molecule is O=C(NO)[C@H]1[C@H](O)CCN1C(=O)c1ccc(OC(F)(F)F)cc1.O=C(NOCc1ccccc1)[C@H]1[C@H](O)CCN1C(=O)c1ccc(OC(F)(F)F)cc1.[HH]. The number of hydroxylamine groups is 2. The summed E-state index contributed by atoms with van der Waals surface area (Å²) in [4.78, 5) is 56.4. The molecular weight excluding hydrogens is 726 g/mol. The Morgan fingerprint density at radius 1 is 0.679 bits per heavy atom. The monoisotopic (exact) mass is 760 g/mol. The van der Waals surface area contributed by atoms with Crippen molar-refractivity contribution in [2.75, 3.05) is 13.1 Å². The molecule has 14 nitrogen and oxygen atoms in total. The van der Waals surface area contributed by atoms with Crippen molar-refractivity contribution in [1.82, 2.24) is 20.8 Å². The van der Waals surface area contributed by atoms with Crippen molar-refractivity contribution in [3.63, 3.8) is 0 Å². The van der Waals surface area contributed by atoms with Crippen LogP contribution < -0.4 is 20.4 Å². The molecule has 2 fully saturated rings. The topological polar surface area (TPSA) is 187 Å². The van der Waals surface area contributed by atoms with E-state index in [0.29, 0.717) is 0 Å². The lowest BCUT2D eigenvalue weighted by molar-refractivity contribution is -0.275. The maximum atomic E-state index is 12.7. The van der Waals surface area contributed by atoms with Gasteiger partial charge in [0.05, 0.1) is 18.8 Å². The summed E-state index contributed by atoms with van der Waals surface area (Å²) in [7, 11) is 0. The van der Waals surface area contributed by atoms with Gasteiger partial charge in [-0.1, -0.05) is 30.3 Å². The van der Waals surface area contributed by atoms with Crippen LogP contribution in [0.4, 0.5) is 26.3 Å². The Bertz CT molecular complexity index is 1720. The fourth-order valence-electron chi connectivity index (χ4n) is 5.46. The molecule has 0 aromatic heterocycles. The van der Waals surface area contributed by atoms with E-state index in [0.717, 1.165) is 63.9 Å². The standard InChI is InChI=1S/C20H19F3N2O5.C13H13F3N2O5.H2/c21-20(22,23)30-15-8-6-14(7-9-15)19(28)25-11-10-16(26)17(25)18(27)24-29-12-13-4-2-1-3-5-13;14-13(15,16)23-8-3-1-7(2-4-8)12(21)18-6-5-9(19)10(18)11(20)17-22;/h1-9,16-17,26H,10-12H2,(H,24,27);1-4,9-10,19,22H,5-6H2,(H,17,20);1H/t16-,17-;9-,10-;/m11./s1. The number of carbonyl (C=O) groups excluding carboxylic acids is 4. The molecule has 3 aromatic rings. The fraction of sp³-hybridized carbons (Fsp3) is 0.333. The Balaban J connectivity index is 0.000000295. The molecule has 5 rings (SSSR count). The second-order valence-electron chi connectivity index (χ2n) is 11.5. The fourth-order valence-corrected chi connectivity index (χ4v) is 5.46. The largest absolute Gasteiger partial charge is 0.573 e. The van der Waals surface area contributed by atoms with Crippen LogP contribution in [-0.4, -0.2) is 99.0 Å². The first-order valence-corrected chi connectivity index (χ1v) is 15.6. The number of benzene rings is 3. The van der Waals surface area contributed by atoms with E-state index < -0.39 is 72.1 Å². The van der Waals surface area contributed by atoms with E-state index in [9.17, 15) is 55.7 Å². The molecule has 0 aliphatic carbocycles. The molecule has 0 radical (unpaired) electrons. The van der Waals surface area contributed by atoms with Crippen LogP contribution in [0.1, 0.15) is 40.5 Å². The molecule has 5 N–H and O–H groups in total. The van der Waals surface area contributed by atoms with Gasteiger partial charge in [-0.2, -0.15) is 0 Å². The zero-order valence-corrected chi connectivity index (χ0v) is 27.2. The number of aliphatic hydroxyl groups excluding tert-OH is 2. The van der Waals surface area contributed by atoms with Crippen molar-refractivity contribution in [1.29, 1.82) is 0 Å². The summed E-state index contributed by atoms with van der Waals surface area (Å²) in [6.07, 6.45) is -11.6. The van der Waals surface area contributed by atoms with Crippen LogP contribution in [0.3, 0.4) is 0 Å². The Morgan fingerprint density at radius 3 is 1.49 bits per heavy atom. The van der Waals surface area contributed by atoms with Crippen LogP contribution >= 0.6 is 0 Å². The van der Waals surface area contributed by atoms with E-state index in [-0.39, 0.29) is 45.1 Å². The molecule has 0 bridgehead atoms. The van der Waals surface area contributed by atoms with Crippen molar-refractivity contribution in [2.45, 2.75) is 56.5 Å². The van der Waals surface area contributed by atoms with Gasteiger partial charge in [0.2, 0.25) is 0 Å². The van der Waals surface area contributed by atoms with Crippen molar-refractivity contribution in [2.24, 2.45) is 0 Å². The second-order valence-corrected chi connectivity index (χ2v) is 11.5. The maximum Gasteiger partial charge on any atom is 0.573 e. The van der Waals surface area contributed by atoms with Crippen LogP contribution in [0.5, 0.6) is 11.5 Å². The lowest BCUT2D eigenvalue weighted by Crippen LogP contribution is -2.50. The van der Waals surface area contributed by atoms with Gasteiger partial charge >= 0.3 is 12.7 Å². The number of aliphatic hydroxyl groups is 2. The maximum absolute atomic E-state index is 12.7. The summed E-state index contributed by atoms with van der Waals surface area (Å²) < 4.78 is 80.5. The summed E-state index contributed by atoms with van der Waals surface area (Å²) in [6, 6.07) is 15.1. The highest BCUT2D eigenvalue weighted by Gasteiger charge is 2.43. The predicted octanol–water partition coefficient (Wildman–Crippen LogP) is 3.32. The van der Waals surface area contributed by atoms with Gasteiger partial charge in [0.1, 0.15) is 23.6 Å². The molecule has 0 unspecified atom stereocenters. The van der Waals surface area contributed by atoms with Gasteiger partial charge in [0, 0.05) is 25.6 Å². The number of amides is 4. The predicted molar refractivity (Wildman–Crippen MR) is 169 cm³/mol. The molecule has 4 atom stereocenters. The zero-order chi connectivity index (χ0) is 38.9. The zero-order valence-electron chi connectivity index (χ0n) is 27.2. The third-order valence-corrected chi connectivity index (χ3v) is 7.83. The van der Waals surface area contributed by atoms with E-state index in [4.69, 9.17) is 10.0 Å². The number of rotatable bonds is 9. The van der Waals surface area contributed by atoms with Gasteiger partial charge in [-0.3, -0.25) is 29.2 Å². The number of ether oxygens (including phenoxy) is 2. The van der Waals surface area contributed by atoms with Crippen LogP contribution in [0.2, 0.25) is 0 Å². The second kappa shape index (κ2) is 17.4. The van der Waals surface area contributed by atoms with Crippen molar-refractivity contribution < 1.29 is 76.7 Å². The number of carbonyl (C=O) groups is 4. The minimum atomic E-state index is -4.84. The highest BCUT2D eigenvalue weighted by Crippen LogP contribution is 2.27. The Kier molecular flexibility index (Phi) is 13.2. The molecular formula is C33H34F6N4O10. The Hall–Kier alpha value is -5.44. The van der Waals surface area contributed by atoms with E-state index >= 15 is 0 Å². The first-order chi connectivity index (χ1) is 25.0. The summed E-state index contributed by atoms with van der Waals surface area (Å²) in [5, 5.41) is 28.5. The Morgan fingerprint density at radius 2 is 1.09 bits per heavy atom.